The number of halogens is 1. The number of anilines is 3. The fraction of sp³-hybridized carbons (Fsp3) is 0.0469. The molecule has 10 aromatic rings. The van der Waals surface area contributed by atoms with Crippen LogP contribution in [0.15, 0.2) is 248 Å². The first-order valence-corrected chi connectivity index (χ1v) is 23.5. The van der Waals surface area contributed by atoms with E-state index in [0.717, 1.165) is 91.4 Å². The molecule has 0 amide bonds. The molecule has 0 fully saturated rings. The van der Waals surface area contributed by atoms with Gasteiger partial charge in [-0.15, -0.1) is 0 Å². The molecule has 3 heteroatoms. The third-order valence-corrected chi connectivity index (χ3v) is 13.9. The molecule has 2 aliphatic heterocycles. The van der Waals surface area contributed by atoms with Gasteiger partial charge in [0.1, 0.15) is 0 Å². The molecule has 10 aromatic carbocycles. The van der Waals surface area contributed by atoms with Crippen LogP contribution in [0.3, 0.4) is 0 Å². The van der Waals surface area contributed by atoms with Crippen LogP contribution < -0.4 is 4.90 Å². The van der Waals surface area contributed by atoms with Crippen molar-refractivity contribution in [2.75, 3.05) is 4.90 Å². The smallest absolute Gasteiger partial charge is 0.0665 e. The number of benzene rings is 10. The zero-order chi connectivity index (χ0) is 44.7. The molecule has 0 saturated heterocycles. The van der Waals surface area contributed by atoms with Gasteiger partial charge < -0.3 is 4.90 Å². The lowest BCUT2D eigenvalue weighted by Gasteiger charge is -2.30. The summed E-state index contributed by atoms with van der Waals surface area (Å²) in [7, 11) is 0. The summed E-state index contributed by atoms with van der Waals surface area (Å²) >= 11 is 7.31. The van der Waals surface area contributed by atoms with E-state index in [4.69, 9.17) is 16.6 Å². The second kappa shape index (κ2) is 17.4. The molecule has 0 spiro atoms. The fourth-order valence-electron chi connectivity index (χ4n) is 10.3. The summed E-state index contributed by atoms with van der Waals surface area (Å²) in [5.41, 5.74) is 22.8. The first-order valence-electron chi connectivity index (χ1n) is 23.1. The number of nitrogens with zero attached hydrogens (tertiary/aromatic N) is 2. The minimum atomic E-state index is 0.191. The molecule has 0 N–H and O–H groups in total. The quantitative estimate of drug-likeness (QED) is 0.156. The molecular formula is C64H45ClN2. The zero-order valence-corrected chi connectivity index (χ0v) is 37.6. The lowest BCUT2D eigenvalue weighted by molar-refractivity contribution is 0.776. The van der Waals surface area contributed by atoms with E-state index in [1.807, 2.05) is 12.1 Å². The largest absolute Gasteiger partial charge is 0.307 e. The molecule has 0 aromatic heterocycles. The Kier molecular flexibility index (Phi) is 10.5. The first kappa shape index (κ1) is 40.5. The van der Waals surface area contributed by atoms with Crippen molar-refractivity contribution < 1.29 is 0 Å². The maximum atomic E-state index is 7.31. The van der Waals surface area contributed by atoms with Gasteiger partial charge in [0, 0.05) is 22.6 Å². The summed E-state index contributed by atoms with van der Waals surface area (Å²) < 4.78 is 0. The summed E-state index contributed by atoms with van der Waals surface area (Å²) in [6, 6.07) is 87.7. The molecule has 0 bridgehead atoms. The Morgan fingerprint density at radius 1 is 0.373 bits per heavy atom. The summed E-state index contributed by atoms with van der Waals surface area (Å²) in [6.45, 7) is 0. The second-order valence-corrected chi connectivity index (χ2v) is 17.9. The van der Waals surface area contributed by atoms with E-state index in [-0.39, 0.29) is 5.92 Å². The van der Waals surface area contributed by atoms with E-state index >= 15 is 0 Å². The van der Waals surface area contributed by atoms with Crippen LogP contribution in [0.2, 0.25) is 5.02 Å². The van der Waals surface area contributed by atoms with E-state index in [0.29, 0.717) is 5.02 Å². The molecule has 2 nitrogen and oxygen atoms in total. The van der Waals surface area contributed by atoms with Crippen molar-refractivity contribution in [2.45, 2.75) is 18.8 Å². The molecule has 318 valence electrons. The lowest BCUT2D eigenvalue weighted by atomic mass is 9.85. The van der Waals surface area contributed by atoms with Crippen LogP contribution in [-0.4, -0.2) is 5.71 Å². The van der Waals surface area contributed by atoms with Crippen LogP contribution in [0.1, 0.15) is 29.0 Å². The predicted molar refractivity (Wildman–Crippen MR) is 282 cm³/mol. The number of fused-ring (bicyclic) bond motifs is 6. The Labute approximate surface area is 397 Å². The van der Waals surface area contributed by atoms with Gasteiger partial charge >= 0.3 is 0 Å². The van der Waals surface area contributed by atoms with Crippen LogP contribution in [0.5, 0.6) is 0 Å². The van der Waals surface area contributed by atoms with E-state index in [9.17, 15) is 0 Å². The van der Waals surface area contributed by atoms with Gasteiger partial charge in [0.15, 0.2) is 0 Å². The highest BCUT2D eigenvalue weighted by Gasteiger charge is 2.31. The van der Waals surface area contributed by atoms with E-state index < -0.39 is 0 Å². The molecule has 1 unspecified atom stereocenters. The average Bonchev–Trinajstić information content (AvgIpc) is 3.67. The predicted octanol–water partition coefficient (Wildman–Crippen LogP) is 18.0. The maximum Gasteiger partial charge on any atom is 0.0665 e. The molecule has 0 aliphatic carbocycles. The maximum absolute atomic E-state index is 7.31. The van der Waals surface area contributed by atoms with Crippen molar-refractivity contribution >= 4 is 40.1 Å². The van der Waals surface area contributed by atoms with Crippen molar-refractivity contribution in [1.82, 2.24) is 0 Å². The van der Waals surface area contributed by atoms with Crippen molar-refractivity contribution in [3.05, 3.63) is 264 Å². The summed E-state index contributed by atoms with van der Waals surface area (Å²) in [6.07, 6.45) is 1.99. The SMILES string of the molecule is Clc1ccccc1N1c2ccc(-c3ccc(C4=Nc5ccccc5CCC4c4ccccc4)cc3)cc2-c2ccccc2-c2cccc(-c3cc(-c4ccccc4)cc(-c4ccccc4)c3)c21. The molecular weight excluding hydrogens is 832 g/mol. The number of hydrogen-bond acceptors (Lipinski definition) is 2. The van der Waals surface area contributed by atoms with Crippen molar-refractivity contribution in [1.29, 1.82) is 0 Å². The summed E-state index contributed by atoms with van der Waals surface area (Å²) in [4.78, 5) is 7.80. The zero-order valence-electron chi connectivity index (χ0n) is 36.9. The van der Waals surface area contributed by atoms with Crippen molar-refractivity contribution in [3.63, 3.8) is 0 Å². The Hall–Kier alpha value is -8.04. The third kappa shape index (κ3) is 7.56. The van der Waals surface area contributed by atoms with Crippen molar-refractivity contribution in [2.24, 2.45) is 4.99 Å². The fourth-order valence-corrected chi connectivity index (χ4v) is 10.5. The normalized spacial score (nSPS) is 13.8. The highest BCUT2D eigenvalue weighted by Crippen LogP contribution is 2.56. The minimum Gasteiger partial charge on any atom is -0.307 e. The van der Waals surface area contributed by atoms with Gasteiger partial charge in [-0.3, -0.25) is 4.99 Å². The summed E-state index contributed by atoms with van der Waals surface area (Å²) in [5.74, 6) is 0.191. The third-order valence-electron chi connectivity index (χ3n) is 13.5. The highest BCUT2D eigenvalue weighted by atomic mass is 35.5. The van der Waals surface area contributed by atoms with Crippen LogP contribution in [0.4, 0.5) is 22.7 Å². The monoisotopic (exact) mass is 876 g/mol. The number of hydrogen-bond donors (Lipinski definition) is 0. The average molecular weight is 878 g/mol. The molecule has 12 rings (SSSR count). The van der Waals surface area contributed by atoms with Gasteiger partial charge in [-0.25, -0.2) is 0 Å². The van der Waals surface area contributed by atoms with E-state index in [2.05, 4.69) is 235 Å². The van der Waals surface area contributed by atoms with Gasteiger partial charge in [0.2, 0.25) is 0 Å². The van der Waals surface area contributed by atoms with Crippen molar-refractivity contribution in [3.8, 4) is 66.8 Å². The Balaban J connectivity index is 1.03. The van der Waals surface area contributed by atoms with E-state index in [1.54, 1.807) is 0 Å². The lowest BCUT2D eigenvalue weighted by Crippen LogP contribution is -2.14. The minimum absolute atomic E-state index is 0.191. The molecule has 2 heterocycles. The Morgan fingerprint density at radius 2 is 0.910 bits per heavy atom. The molecule has 1 atom stereocenters. The van der Waals surface area contributed by atoms with E-state index in [1.165, 1.54) is 33.4 Å². The van der Waals surface area contributed by atoms with Gasteiger partial charge in [-0.2, -0.15) is 0 Å². The van der Waals surface area contributed by atoms with Gasteiger partial charge in [0.25, 0.3) is 0 Å². The standard InChI is InChI=1S/C64H45ClN2/c65-59-28-13-15-30-62(59)67-61-38-36-49(45-31-33-48(34-32-45)63-53(46-21-8-3-9-22-46)37-35-47-23-10-14-29-60(47)66-63)42-58(61)56-25-12-11-24-55(56)57-27-16-26-54(64(57)67)52-40-50(43-17-4-1-5-18-43)39-51(41-52)44-19-6-2-7-20-44/h1-34,36,38-42,53H,35,37H2. The van der Waals surface area contributed by atoms with Crippen LogP contribution in [0.25, 0.3) is 66.8 Å². The second-order valence-electron chi connectivity index (χ2n) is 17.5. The molecule has 0 saturated carbocycles. The topological polar surface area (TPSA) is 15.6 Å². The van der Waals surface area contributed by atoms with Gasteiger partial charge in [-0.1, -0.05) is 206 Å². The Bertz CT molecular complexity index is 3410. The van der Waals surface area contributed by atoms with Crippen LogP contribution in [-0.2, 0) is 6.42 Å². The number of aliphatic imine (C=N–C) groups is 1. The molecule has 0 radical (unpaired) electrons. The number of rotatable bonds is 7. The highest BCUT2D eigenvalue weighted by molar-refractivity contribution is 6.34. The van der Waals surface area contributed by atoms with Crippen LogP contribution in [0, 0.1) is 0 Å². The summed E-state index contributed by atoms with van der Waals surface area (Å²) in [5, 5.41) is 0.681. The first-order chi connectivity index (χ1) is 33.1. The van der Waals surface area contributed by atoms with Crippen LogP contribution >= 0.6 is 11.6 Å². The van der Waals surface area contributed by atoms with Gasteiger partial charge in [-0.05, 0) is 128 Å². The van der Waals surface area contributed by atoms with Gasteiger partial charge in [0.05, 0.1) is 33.5 Å². The molecule has 67 heavy (non-hydrogen) atoms. The Morgan fingerprint density at radius 3 is 1.63 bits per heavy atom. The number of aryl methyl sites for hydroxylation is 1. The number of para-hydroxylation sites is 3. The molecule has 2 aliphatic rings.